The minimum Gasteiger partial charge on any atom is -0.352 e. The SMILES string of the molecule is CC(CS(C)=O)NC(=O)CNCC(F)(F)F. The highest BCUT2D eigenvalue weighted by molar-refractivity contribution is 7.84. The summed E-state index contributed by atoms with van der Waals surface area (Å²) in [6.07, 6.45) is -2.83. The van der Waals surface area contributed by atoms with Crippen molar-refractivity contribution in [2.45, 2.75) is 19.1 Å². The number of hydrogen-bond donors (Lipinski definition) is 2. The third-order valence-corrected chi connectivity index (χ3v) is 2.47. The maximum atomic E-state index is 11.7. The zero-order chi connectivity index (χ0) is 12.8. The molecule has 0 heterocycles. The van der Waals surface area contributed by atoms with Crippen molar-refractivity contribution in [1.29, 1.82) is 0 Å². The molecule has 0 spiro atoms. The lowest BCUT2D eigenvalue weighted by atomic mass is 10.4. The number of amides is 1. The Kier molecular flexibility index (Phi) is 6.58. The van der Waals surface area contributed by atoms with E-state index >= 15 is 0 Å². The van der Waals surface area contributed by atoms with Crippen LogP contribution in [0.25, 0.3) is 0 Å². The molecule has 96 valence electrons. The highest BCUT2D eigenvalue weighted by Crippen LogP contribution is 2.11. The maximum Gasteiger partial charge on any atom is 0.401 e. The van der Waals surface area contributed by atoms with Crippen LogP contribution in [0.2, 0.25) is 0 Å². The minimum absolute atomic E-state index is 0.283. The topological polar surface area (TPSA) is 58.2 Å². The highest BCUT2D eigenvalue weighted by Gasteiger charge is 2.26. The molecule has 2 unspecified atom stereocenters. The Bertz CT molecular complexity index is 258. The standard InChI is InChI=1S/C8H15F3N2O2S/c1-6(4-16(2)15)13-7(14)3-12-5-8(9,10)11/h6,12H,3-5H2,1-2H3,(H,13,14). The Labute approximate surface area is 94.4 Å². The van der Waals surface area contributed by atoms with Crippen LogP contribution in [0.1, 0.15) is 6.92 Å². The van der Waals surface area contributed by atoms with Crippen LogP contribution >= 0.6 is 0 Å². The molecule has 0 aliphatic carbocycles. The summed E-state index contributed by atoms with van der Waals surface area (Å²) in [5.74, 6) is -0.257. The Morgan fingerprint density at radius 2 is 2.00 bits per heavy atom. The molecule has 0 aliphatic heterocycles. The zero-order valence-corrected chi connectivity index (χ0v) is 9.87. The first-order valence-corrected chi connectivity index (χ1v) is 6.30. The van der Waals surface area contributed by atoms with Crippen molar-refractivity contribution in [3.8, 4) is 0 Å². The number of nitrogens with one attached hydrogen (secondary N) is 2. The molecule has 0 saturated heterocycles. The van der Waals surface area contributed by atoms with Crippen molar-refractivity contribution in [1.82, 2.24) is 10.6 Å². The smallest absolute Gasteiger partial charge is 0.352 e. The normalized spacial score (nSPS) is 15.6. The Balaban J connectivity index is 3.70. The van der Waals surface area contributed by atoms with Gasteiger partial charge in [-0.2, -0.15) is 13.2 Å². The lowest BCUT2D eigenvalue weighted by Gasteiger charge is -2.13. The average Bonchev–Trinajstić information content (AvgIpc) is 1.98. The quantitative estimate of drug-likeness (QED) is 0.708. The summed E-state index contributed by atoms with van der Waals surface area (Å²) in [5.41, 5.74) is 0. The van der Waals surface area contributed by atoms with E-state index < -0.39 is 36.0 Å². The first-order chi connectivity index (χ1) is 7.20. The fourth-order valence-corrected chi connectivity index (χ4v) is 1.82. The number of rotatable bonds is 6. The van der Waals surface area contributed by atoms with Gasteiger partial charge in [0.1, 0.15) is 0 Å². The first-order valence-electron chi connectivity index (χ1n) is 4.57. The average molecular weight is 260 g/mol. The predicted molar refractivity (Wildman–Crippen MR) is 55.5 cm³/mol. The van der Waals surface area contributed by atoms with Crippen LogP contribution in [-0.4, -0.2) is 47.4 Å². The second kappa shape index (κ2) is 6.85. The van der Waals surface area contributed by atoms with Crippen molar-refractivity contribution in [2.24, 2.45) is 0 Å². The van der Waals surface area contributed by atoms with Gasteiger partial charge in [-0.15, -0.1) is 0 Å². The summed E-state index contributed by atoms with van der Waals surface area (Å²) in [6.45, 7) is 0.0395. The molecule has 0 aliphatic rings. The van der Waals surface area contributed by atoms with E-state index in [0.29, 0.717) is 0 Å². The van der Waals surface area contributed by atoms with Crippen LogP contribution in [-0.2, 0) is 15.6 Å². The predicted octanol–water partition coefficient (Wildman–Crippen LogP) is 0.0215. The molecule has 0 bridgehead atoms. The van der Waals surface area contributed by atoms with Crippen molar-refractivity contribution >= 4 is 16.7 Å². The van der Waals surface area contributed by atoms with E-state index in [1.54, 1.807) is 6.92 Å². The summed E-state index contributed by atoms with van der Waals surface area (Å²) in [6, 6.07) is -0.314. The summed E-state index contributed by atoms with van der Waals surface area (Å²) in [4.78, 5) is 11.1. The lowest BCUT2D eigenvalue weighted by molar-refractivity contribution is -0.128. The summed E-state index contributed by atoms with van der Waals surface area (Å²) in [5, 5.41) is 4.41. The van der Waals surface area contributed by atoms with E-state index in [0.717, 1.165) is 0 Å². The fraction of sp³-hybridized carbons (Fsp3) is 0.875. The molecular formula is C8H15F3N2O2S. The van der Waals surface area contributed by atoms with Crippen molar-refractivity contribution < 1.29 is 22.2 Å². The monoisotopic (exact) mass is 260 g/mol. The van der Waals surface area contributed by atoms with Crippen LogP contribution in [0, 0.1) is 0 Å². The second-order valence-electron chi connectivity index (χ2n) is 3.43. The van der Waals surface area contributed by atoms with Gasteiger partial charge in [-0.3, -0.25) is 9.00 Å². The molecule has 0 radical (unpaired) electrons. The molecule has 0 fully saturated rings. The molecule has 0 aromatic carbocycles. The van der Waals surface area contributed by atoms with E-state index in [9.17, 15) is 22.2 Å². The Morgan fingerprint density at radius 3 is 2.44 bits per heavy atom. The van der Waals surface area contributed by atoms with Crippen LogP contribution in [0.3, 0.4) is 0 Å². The fourth-order valence-electron chi connectivity index (χ4n) is 1.04. The number of carbonyl (C=O) groups excluding carboxylic acids is 1. The van der Waals surface area contributed by atoms with Crippen molar-refractivity contribution in [3.05, 3.63) is 0 Å². The van der Waals surface area contributed by atoms with E-state index in [1.165, 1.54) is 6.26 Å². The molecule has 1 amide bonds. The van der Waals surface area contributed by atoms with Gasteiger partial charge in [0.15, 0.2) is 0 Å². The third-order valence-electron chi connectivity index (χ3n) is 1.50. The van der Waals surface area contributed by atoms with E-state index in [-0.39, 0.29) is 11.8 Å². The van der Waals surface area contributed by atoms with Gasteiger partial charge >= 0.3 is 6.18 Å². The van der Waals surface area contributed by atoms with E-state index in [4.69, 9.17) is 0 Å². The molecule has 0 rings (SSSR count). The molecule has 16 heavy (non-hydrogen) atoms. The molecule has 0 saturated carbocycles. The number of halogens is 3. The molecule has 0 aromatic heterocycles. The number of alkyl halides is 3. The van der Waals surface area contributed by atoms with Gasteiger partial charge in [-0.1, -0.05) is 0 Å². The minimum atomic E-state index is -4.32. The number of carbonyl (C=O) groups is 1. The van der Waals surface area contributed by atoms with Gasteiger partial charge in [-0.25, -0.2) is 0 Å². The molecule has 4 nitrogen and oxygen atoms in total. The maximum absolute atomic E-state index is 11.7. The van der Waals surface area contributed by atoms with Gasteiger partial charge in [0, 0.05) is 28.9 Å². The van der Waals surface area contributed by atoms with Gasteiger partial charge < -0.3 is 10.6 Å². The van der Waals surface area contributed by atoms with Gasteiger partial charge in [-0.05, 0) is 6.92 Å². The summed E-state index contributed by atoms with van der Waals surface area (Å²) < 4.78 is 45.9. The van der Waals surface area contributed by atoms with E-state index in [1.807, 2.05) is 5.32 Å². The number of hydrogen-bond acceptors (Lipinski definition) is 3. The molecule has 0 aromatic rings. The largest absolute Gasteiger partial charge is 0.401 e. The van der Waals surface area contributed by atoms with Crippen molar-refractivity contribution in [2.75, 3.05) is 25.1 Å². The first kappa shape index (κ1) is 15.4. The van der Waals surface area contributed by atoms with Crippen LogP contribution in [0.4, 0.5) is 13.2 Å². The Morgan fingerprint density at radius 1 is 1.44 bits per heavy atom. The molecule has 2 atom stereocenters. The van der Waals surface area contributed by atoms with Crippen molar-refractivity contribution in [3.63, 3.8) is 0 Å². The summed E-state index contributed by atoms with van der Waals surface area (Å²) in [7, 11) is -1.05. The lowest BCUT2D eigenvalue weighted by Crippen LogP contribution is -2.43. The van der Waals surface area contributed by atoms with E-state index in [2.05, 4.69) is 5.32 Å². The third kappa shape index (κ3) is 9.91. The molecule has 8 heteroatoms. The van der Waals surface area contributed by atoms with Gasteiger partial charge in [0.05, 0.1) is 13.1 Å². The zero-order valence-electron chi connectivity index (χ0n) is 9.06. The van der Waals surface area contributed by atoms with Gasteiger partial charge in [0.2, 0.25) is 5.91 Å². The molecular weight excluding hydrogens is 245 g/mol. The molecule has 2 N–H and O–H groups in total. The van der Waals surface area contributed by atoms with Crippen LogP contribution in [0.5, 0.6) is 0 Å². The highest BCUT2D eigenvalue weighted by atomic mass is 32.2. The second-order valence-corrected chi connectivity index (χ2v) is 4.91. The summed E-state index contributed by atoms with van der Waals surface area (Å²) >= 11 is 0. The van der Waals surface area contributed by atoms with Gasteiger partial charge in [0.25, 0.3) is 0 Å². The Hall–Kier alpha value is -0.630. The van der Waals surface area contributed by atoms with Crippen LogP contribution < -0.4 is 10.6 Å². The van der Waals surface area contributed by atoms with Crippen LogP contribution in [0.15, 0.2) is 0 Å².